The Hall–Kier alpha value is -2.58. The molecule has 32 heavy (non-hydrogen) atoms. The van der Waals surface area contributed by atoms with Gasteiger partial charge in [-0.1, -0.05) is 75.4 Å². The molecule has 0 spiro atoms. The van der Waals surface area contributed by atoms with Crippen LogP contribution < -0.4 is 0 Å². The van der Waals surface area contributed by atoms with Gasteiger partial charge in [-0.25, -0.2) is 0 Å². The minimum absolute atomic E-state index is 1.02. The molecule has 0 aliphatic carbocycles. The summed E-state index contributed by atoms with van der Waals surface area (Å²) in [6.07, 6.45) is 7.93. The molecular formula is C30H38N2. The van der Waals surface area contributed by atoms with E-state index in [0.29, 0.717) is 0 Å². The average molecular weight is 427 g/mol. The molecule has 0 atom stereocenters. The van der Waals surface area contributed by atoms with Crippen molar-refractivity contribution >= 4 is 0 Å². The van der Waals surface area contributed by atoms with Crippen molar-refractivity contribution in [2.24, 2.45) is 0 Å². The first-order chi connectivity index (χ1) is 15.6. The Morgan fingerprint density at radius 3 is 2.34 bits per heavy atom. The van der Waals surface area contributed by atoms with E-state index in [0.717, 1.165) is 58.3 Å². The van der Waals surface area contributed by atoms with E-state index in [1.165, 1.54) is 44.7 Å². The first kappa shape index (κ1) is 22.6. The molecule has 2 aromatic carbocycles. The fraction of sp³-hybridized carbons (Fsp3) is 0.400. The van der Waals surface area contributed by atoms with E-state index in [4.69, 9.17) is 0 Å². The Bertz CT molecular complexity index is 1010. The Morgan fingerprint density at radius 1 is 0.875 bits per heavy atom. The van der Waals surface area contributed by atoms with Crippen molar-refractivity contribution in [1.29, 1.82) is 0 Å². The smallest absolute Gasteiger partial charge is 0.0394 e. The summed E-state index contributed by atoms with van der Waals surface area (Å²) < 4.78 is 0. The molecule has 2 aliphatic rings. The topological polar surface area (TPSA) is 6.48 Å². The van der Waals surface area contributed by atoms with Gasteiger partial charge < -0.3 is 4.90 Å². The van der Waals surface area contributed by atoms with Gasteiger partial charge in [0.25, 0.3) is 0 Å². The third-order valence-corrected chi connectivity index (χ3v) is 7.06. The summed E-state index contributed by atoms with van der Waals surface area (Å²) in [5, 5.41) is 0. The third kappa shape index (κ3) is 5.07. The van der Waals surface area contributed by atoms with Crippen LogP contribution >= 0.6 is 0 Å². The summed E-state index contributed by atoms with van der Waals surface area (Å²) in [5.41, 5.74) is 11.3. The van der Waals surface area contributed by atoms with Crippen LogP contribution in [0.4, 0.5) is 0 Å². The van der Waals surface area contributed by atoms with Crippen LogP contribution in [0.1, 0.15) is 55.4 Å². The SMILES string of the molecule is C=C1C(CCc2ccc(CC)cc2)=CN2CCN(Cc3ccccc3C)CC2=C1CCC. The minimum atomic E-state index is 1.02. The number of allylic oxidation sites excluding steroid dienone is 3. The molecule has 0 radical (unpaired) electrons. The van der Waals surface area contributed by atoms with E-state index in [1.807, 2.05) is 0 Å². The fourth-order valence-corrected chi connectivity index (χ4v) is 4.96. The van der Waals surface area contributed by atoms with Crippen molar-refractivity contribution in [3.63, 3.8) is 0 Å². The van der Waals surface area contributed by atoms with Crippen LogP contribution in [0.25, 0.3) is 0 Å². The van der Waals surface area contributed by atoms with E-state index >= 15 is 0 Å². The maximum Gasteiger partial charge on any atom is 0.0394 e. The molecule has 0 N–H and O–H groups in total. The van der Waals surface area contributed by atoms with E-state index in [1.54, 1.807) is 0 Å². The van der Waals surface area contributed by atoms with Gasteiger partial charge in [0.05, 0.1) is 0 Å². The molecule has 0 aromatic heterocycles. The number of hydrogen-bond acceptors (Lipinski definition) is 2. The van der Waals surface area contributed by atoms with E-state index in [-0.39, 0.29) is 0 Å². The first-order valence-corrected chi connectivity index (χ1v) is 12.3. The van der Waals surface area contributed by atoms with Crippen molar-refractivity contribution in [2.75, 3.05) is 19.6 Å². The van der Waals surface area contributed by atoms with Gasteiger partial charge in [0.2, 0.25) is 0 Å². The van der Waals surface area contributed by atoms with Gasteiger partial charge in [-0.2, -0.15) is 0 Å². The van der Waals surface area contributed by atoms with Gasteiger partial charge in [0.1, 0.15) is 0 Å². The molecule has 2 heterocycles. The lowest BCUT2D eigenvalue weighted by atomic mass is 9.87. The lowest BCUT2D eigenvalue weighted by molar-refractivity contribution is 0.197. The number of benzene rings is 2. The fourth-order valence-electron chi connectivity index (χ4n) is 4.96. The van der Waals surface area contributed by atoms with Crippen LogP contribution in [0.15, 0.2) is 83.7 Å². The Balaban J connectivity index is 1.47. The zero-order valence-electron chi connectivity index (χ0n) is 20.2. The second kappa shape index (κ2) is 10.4. The molecule has 0 unspecified atom stereocenters. The predicted octanol–water partition coefficient (Wildman–Crippen LogP) is 6.82. The number of rotatable bonds is 8. The van der Waals surface area contributed by atoms with Crippen molar-refractivity contribution in [3.05, 3.63) is 106 Å². The van der Waals surface area contributed by atoms with Crippen molar-refractivity contribution in [3.8, 4) is 0 Å². The molecule has 0 bridgehead atoms. The summed E-state index contributed by atoms with van der Waals surface area (Å²) >= 11 is 0. The van der Waals surface area contributed by atoms with E-state index in [2.05, 4.69) is 91.9 Å². The molecule has 2 nitrogen and oxygen atoms in total. The van der Waals surface area contributed by atoms with E-state index in [9.17, 15) is 0 Å². The van der Waals surface area contributed by atoms with Gasteiger partial charge in [0.15, 0.2) is 0 Å². The van der Waals surface area contributed by atoms with Crippen LogP contribution in [0.3, 0.4) is 0 Å². The maximum atomic E-state index is 4.58. The van der Waals surface area contributed by atoms with Crippen LogP contribution in [-0.4, -0.2) is 29.4 Å². The Labute approximate surface area is 194 Å². The molecule has 2 aromatic rings. The number of piperazine rings is 1. The van der Waals surface area contributed by atoms with Crippen LogP contribution in [-0.2, 0) is 19.4 Å². The molecule has 4 rings (SSSR count). The van der Waals surface area contributed by atoms with Gasteiger partial charge in [0, 0.05) is 38.1 Å². The zero-order valence-corrected chi connectivity index (χ0v) is 20.2. The summed E-state index contributed by atoms with van der Waals surface area (Å²) in [6.45, 7) is 15.5. The molecular weight excluding hydrogens is 388 g/mol. The Morgan fingerprint density at radius 2 is 1.62 bits per heavy atom. The third-order valence-electron chi connectivity index (χ3n) is 7.06. The second-order valence-corrected chi connectivity index (χ2v) is 9.31. The highest BCUT2D eigenvalue weighted by Crippen LogP contribution is 2.36. The van der Waals surface area contributed by atoms with Crippen LogP contribution in [0, 0.1) is 6.92 Å². The summed E-state index contributed by atoms with van der Waals surface area (Å²) in [5.74, 6) is 0. The van der Waals surface area contributed by atoms with Crippen molar-refractivity contribution in [1.82, 2.24) is 9.80 Å². The quantitative estimate of drug-likeness (QED) is 0.457. The highest BCUT2D eigenvalue weighted by Gasteiger charge is 2.28. The first-order valence-electron chi connectivity index (χ1n) is 12.3. The number of hydrogen-bond donors (Lipinski definition) is 0. The largest absolute Gasteiger partial charge is 0.348 e. The average Bonchev–Trinajstić information content (AvgIpc) is 2.82. The minimum Gasteiger partial charge on any atom is -0.348 e. The van der Waals surface area contributed by atoms with Crippen molar-refractivity contribution < 1.29 is 0 Å². The lowest BCUT2D eigenvalue weighted by Crippen LogP contribution is -2.44. The number of fused-ring (bicyclic) bond motifs is 1. The highest BCUT2D eigenvalue weighted by molar-refractivity contribution is 5.51. The van der Waals surface area contributed by atoms with Crippen LogP contribution in [0.2, 0.25) is 0 Å². The molecule has 2 aliphatic heterocycles. The monoisotopic (exact) mass is 426 g/mol. The molecule has 0 saturated carbocycles. The van der Waals surface area contributed by atoms with Crippen LogP contribution in [0.5, 0.6) is 0 Å². The molecule has 168 valence electrons. The lowest BCUT2D eigenvalue weighted by Gasteiger charge is -2.41. The normalized spacial score (nSPS) is 16.9. The molecule has 2 heteroatoms. The number of nitrogens with zero attached hydrogens (tertiary/aromatic N) is 2. The van der Waals surface area contributed by atoms with Gasteiger partial charge in [-0.3, -0.25) is 4.90 Å². The van der Waals surface area contributed by atoms with Gasteiger partial charge >= 0.3 is 0 Å². The van der Waals surface area contributed by atoms with Crippen molar-refractivity contribution in [2.45, 2.75) is 59.4 Å². The summed E-state index contributed by atoms with van der Waals surface area (Å²) in [6, 6.07) is 17.9. The predicted molar refractivity (Wildman–Crippen MR) is 136 cm³/mol. The summed E-state index contributed by atoms with van der Waals surface area (Å²) in [7, 11) is 0. The highest BCUT2D eigenvalue weighted by atomic mass is 15.3. The summed E-state index contributed by atoms with van der Waals surface area (Å²) in [4.78, 5) is 5.13. The van der Waals surface area contributed by atoms with E-state index < -0.39 is 0 Å². The van der Waals surface area contributed by atoms with Gasteiger partial charge in [-0.05, 0) is 71.6 Å². The van der Waals surface area contributed by atoms with Gasteiger partial charge in [-0.15, -0.1) is 0 Å². The molecule has 1 fully saturated rings. The number of aryl methyl sites for hydroxylation is 3. The molecule has 0 amide bonds. The maximum absolute atomic E-state index is 4.58. The standard InChI is InChI=1S/C30H38N2/c1-5-9-29-24(4)28(17-16-26-14-12-25(6-2)13-15-26)21-32-19-18-31(22-30(29)32)20-27-11-8-7-10-23(27)3/h7-8,10-15,21H,4-6,9,16-20,22H2,1-3H3. The Kier molecular flexibility index (Phi) is 7.32. The second-order valence-electron chi connectivity index (χ2n) is 9.31. The molecule has 1 saturated heterocycles. The zero-order chi connectivity index (χ0) is 22.5.